The highest BCUT2D eigenvalue weighted by atomic mass is 16.5. The summed E-state index contributed by atoms with van der Waals surface area (Å²) in [7, 11) is 0. The van der Waals surface area contributed by atoms with E-state index < -0.39 is 0 Å². The second-order valence-corrected chi connectivity index (χ2v) is 8.25. The van der Waals surface area contributed by atoms with Gasteiger partial charge in [0.15, 0.2) is 0 Å². The molecule has 0 bridgehead atoms. The number of likely N-dealkylation sites (tertiary alicyclic amines) is 1. The fourth-order valence-corrected chi connectivity index (χ4v) is 3.72. The Hall–Kier alpha value is -3.02. The van der Waals surface area contributed by atoms with Crippen LogP contribution in [-0.4, -0.2) is 36.0 Å². The van der Waals surface area contributed by atoms with Crippen molar-refractivity contribution in [2.24, 2.45) is 0 Å². The smallest absolute Gasteiger partial charge is 0.315 e. The Morgan fingerprint density at radius 3 is 2.48 bits per heavy atom. The largest absolute Gasteiger partial charge is 0.491 e. The first-order chi connectivity index (χ1) is 15.0. The van der Waals surface area contributed by atoms with Gasteiger partial charge in [0.1, 0.15) is 5.75 Å². The van der Waals surface area contributed by atoms with Crippen LogP contribution in [-0.2, 0) is 11.3 Å². The summed E-state index contributed by atoms with van der Waals surface area (Å²) in [6.45, 7) is 5.62. The molecule has 6 heteroatoms. The monoisotopic (exact) mass is 423 g/mol. The molecule has 0 radical (unpaired) electrons. The predicted octanol–water partition coefficient (Wildman–Crippen LogP) is 4.42. The Labute approximate surface area is 185 Å². The maximum absolute atomic E-state index is 12.7. The highest BCUT2D eigenvalue weighted by Crippen LogP contribution is 2.18. The second kappa shape index (κ2) is 11.4. The maximum atomic E-state index is 12.7. The third-order valence-corrected chi connectivity index (χ3v) is 5.33. The molecule has 3 amide bonds. The first kappa shape index (κ1) is 22.7. The molecule has 1 saturated heterocycles. The fraction of sp³-hybridized carbons (Fsp3) is 0.440. The first-order valence-electron chi connectivity index (χ1n) is 11.1. The van der Waals surface area contributed by atoms with Crippen molar-refractivity contribution < 1.29 is 14.3 Å². The zero-order valence-electron chi connectivity index (χ0n) is 18.5. The minimum atomic E-state index is -0.259. The molecule has 0 aromatic heterocycles. The van der Waals surface area contributed by atoms with Crippen LogP contribution in [0.1, 0.15) is 56.7 Å². The van der Waals surface area contributed by atoms with Gasteiger partial charge in [0.05, 0.1) is 12.1 Å². The van der Waals surface area contributed by atoms with Crippen LogP contribution in [0.25, 0.3) is 0 Å². The van der Waals surface area contributed by atoms with Gasteiger partial charge in [-0.25, -0.2) is 4.79 Å². The Morgan fingerprint density at radius 1 is 1.03 bits per heavy atom. The van der Waals surface area contributed by atoms with Crippen LogP contribution in [0, 0.1) is 0 Å². The lowest BCUT2D eigenvalue weighted by Crippen LogP contribution is -2.44. The number of nitrogens with zero attached hydrogens (tertiary/aromatic N) is 1. The highest BCUT2D eigenvalue weighted by Gasteiger charge is 2.23. The molecule has 1 unspecified atom stereocenters. The van der Waals surface area contributed by atoms with E-state index in [1.807, 2.05) is 73.3 Å². The van der Waals surface area contributed by atoms with Crippen molar-refractivity contribution in [2.75, 3.05) is 13.1 Å². The number of hydrogen-bond acceptors (Lipinski definition) is 3. The van der Waals surface area contributed by atoms with Crippen molar-refractivity contribution in [3.63, 3.8) is 0 Å². The molecule has 2 N–H and O–H groups in total. The van der Waals surface area contributed by atoms with Crippen LogP contribution in [0.5, 0.6) is 5.75 Å². The average molecular weight is 424 g/mol. The molecule has 2 aromatic carbocycles. The van der Waals surface area contributed by atoms with Crippen molar-refractivity contribution in [3.05, 3.63) is 65.7 Å². The summed E-state index contributed by atoms with van der Waals surface area (Å²) >= 11 is 0. The molecule has 0 spiro atoms. The zero-order chi connectivity index (χ0) is 22.1. The molecular formula is C25H33N3O3. The van der Waals surface area contributed by atoms with Crippen molar-refractivity contribution in [2.45, 2.75) is 58.2 Å². The number of urea groups is 1. The van der Waals surface area contributed by atoms with Crippen LogP contribution < -0.4 is 15.4 Å². The van der Waals surface area contributed by atoms with Crippen LogP contribution in [0.3, 0.4) is 0 Å². The van der Waals surface area contributed by atoms with Crippen LogP contribution in [0.15, 0.2) is 54.6 Å². The van der Waals surface area contributed by atoms with Gasteiger partial charge >= 0.3 is 6.03 Å². The molecule has 0 saturated carbocycles. The van der Waals surface area contributed by atoms with Gasteiger partial charge in [-0.05, 0) is 49.9 Å². The topological polar surface area (TPSA) is 70.7 Å². The Bertz CT molecular complexity index is 837. The van der Waals surface area contributed by atoms with E-state index in [1.165, 1.54) is 0 Å². The number of nitrogens with one attached hydrogen (secondary N) is 2. The number of benzene rings is 2. The molecular weight excluding hydrogens is 390 g/mol. The molecule has 31 heavy (non-hydrogen) atoms. The van der Waals surface area contributed by atoms with Gasteiger partial charge in [-0.2, -0.15) is 0 Å². The molecule has 1 atom stereocenters. The molecule has 1 heterocycles. The number of amides is 3. The highest BCUT2D eigenvalue weighted by molar-refractivity contribution is 5.77. The van der Waals surface area contributed by atoms with E-state index in [1.54, 1.807) is 0 Å². The summed E-state index contributed by atoms with van der Waals surface area (Å²) in [4.78, 5) is 27.0. The molecule has 1 fully saturated rings. The van der Waals surface area contributed by atoms with Gasteiger partial charge in [-0.15, -0.1) is 0 Å². The quantitative estimate of drug-likeness (QED) is 0.660. The third kappa shape index (κ3) is 7.31. The zero-order valence-corrected chi connectivity index (χ0v) is 18.5. The van der Waals surface area contributed by atoms with Crippen LogP contribution in [0.2, 0.25) is 0 Å². The predicted molar refractivity (Wildman–Crippen MR) is 122 cm³/mol. The van der Waals surface area contributed by atoms with Gasteiger partial charge in [-0.3, -0.25) is 4.79 Å². The molecule has 2 aromatic rings. The Morgan fingerprint density at radius 2 is 1.77 bits per heavy atom. The second-order valence-electron chi connectivity index (χ2n) is 8.25. The summed E-state index contributed by atoms with van der Waals surface area (Å²) < 4.78 is 5.65. The summed E-state index contributed by atoms with van der Waals surface area (Å²) in [5.74, 6) is 0.985. The van der Waals surface area contributed by atoms with Gasteiger partial charge in [0, 0.05) is 26.1 Å². The number of carbonyl (C=O) groups excluding carboxylic acids is 2. The lowest BCUT2D eigenvalue weighted by Gasteiger charge is -2.27. The number of hydrogen-bond donors (Lipinski definition) is 2. The first-order valence-corrected chi connectivity index (χ1v) is 11.1. The van der Waals surface area contributed by atoms with E-state index in [4.69, 9.17) is 4.74 Å². The minimum absolute atomic E-state index is 0.126. The normalized spacial score (nSPS) is 15.3. The van der Waals surface area contributed by atoms with Gasteiger partial charge in [0.25, 0.3) is 0 Å². The molecule has 166 valence electrons. The number of rotatable bonds is 8. The van der Waals surface area contributed by atoms with Crippen molar-refractivity contribution in [3.8, 4) is 5.75 Å². The van der Waals surface area contributed by atoms with Crippen LogP contribution >= 0.6 is 0 Å². The number of ether oxygens (including phenoxy) is 1. The van der Waals surface area contributed by atoms with Gasteiger partial charge < -0.3 is 20.3 Å². The van der Waals surface area contributed by atoms with Crippen molar-refractivity contribution in [1.29, 1.82) is 0 Å². The van der Waals surface area contributed by atoms with E-state index in [-0.39, 0.29) is 24.1 Å². The fourth-order valence-electron chi connectivity index (χ4n) is 3.72. The lowest BCUT2D eigenvalue weighted by molar-refractivity contribution is -0.131. The lowest BCUT2D eigenvalue weighted by atomic mass is 10.1. The van der Waals surface area contributed by atoms with E-state index in [9.17, 15) is 9.59 Å². The molecule has 1 aliphatic rings. The van der Waals surface area contributed by atoms with Gasteiger partial charge in [-0.1, -0.05) is 48.9 Å². The summed E-state index contributed by atoms with van der Waals surface area (Å²) in [6, 6.07) is 17.0. The van der Waals surface area contributed by atoms with E-state index in [2.05, 4.69) is 10.6 Å². The summed E-state index contributed by atoms with van der Waals surface area (Å²) in [6.07, 6.45) is 3.74. The Kier molecular flexibility index (Phi) is 8.33. The summed E-state index contributed by atoms with van der Waals surface area (Å²) in [5, 5.41) is 5.99. The van der Waals surface area contributed by atoms with Crippen molar-refractivity contribution >= 4 is 11.9 Å². The van der Waals surface area contributed by atoms with E-state index in [0.29, 0.717) is 19.5 Å². The SMILES string of the molecule is CC(C)Oc1ccc(CNC(=O)NC(CN2CCCCCC2=O)c2ccccc2)cc1. The molecule has 3 rings (SSSR count). The molecule has 0 aliphatic carbocycles. The van der Waals surface area contributed by atoms with E-state index >= 15 is 0 Å². The minimum Gasteiger partial charge on any atom is -0.491 e. The Balaban J connectivity index is 1.59. The van der Waals surface area contributed by atoms with E-state index in [0.717, 1.165) is 42.7 Å². The van der Waals surface area contributed by atoms with Crippen LogP contribution in [0.4, 0.5) is 4.79 Å². The number of carbonyl (C=O) groups is 2. The summed E-state index contributed by atoms with van der Waals surface area (Å²) in [5.41, 5.74) is 1.98. The molecule has 6 nitrogen and oxygen atoms in total. The maximum Gasteiger partial charge on any atom is 0.315 e. The average Bonchev–Trinajstić information content (AvgIpc) is 2.97. The third-order valence-electron chi connectivity index (χ3n) is 5.33. The standard InChI is InChI=1S/C25H33N3O3/c1-19(2)31-22-14-12-20(13-15-22)17-26-25(30)27-23(21-9-5-3-6-10-21)18-28-16-8-4-7-11-24(28)29/h3,5-6,9-10,12-15,19,23H,4,7-8,11,16-18H2,1-2H3,(H2,26,27,30). The van der Waals surface area contributed by atoms with Crippen molar-refractivity contribution in [1.82, 2.24) is 15.5 Å². The molecule has 1 aliphatic heterocycles. The van der Waals surface area contributed by atoms with Gasteiger partial charge in [0.2, 0.25) is 5.91 Å².